The van der Waals surface area contributed by atoms with Crippen molar-refractivity contribution in [2.75, 3.05) is 6.61 Å². The first kappa shape index (κ1) is 13.5. The summed E-state index contributed by atoms with van der Waals surface area (Å²) >= 11 is 1.46. The normalized spacial score (nSPS) is 10.5. The number of imidazole rings is 1. The molecule has 3 rings (SSSR count). The summed E-state index contributed by atoms with van der Waals surface area (Å²) in [6.07, 6.45) is 1.62. The minimum Gasteiger partial charge on any atom is -0.494 e. The summed E-state index contributed by atoms with van der Waals surface area (Å²) < 4.78 is 5.47. The third-order valence-electron chi connectivity index (χ3n) is 2.80. The second-order valence-corrected chi connectivity index (χ2v) is 5.31. The Morgan fingerprint density at radius 1 is 1.33 bits per heavy atom. The molecular formula is C15H12N4OS. The maximum atomic E-state index is 8.86. The Kier molecular flexibility index (Phi) is 3.75. The van der Waals surface area contributed by atoms with Gasteiger partial charge in [-0.3, -0.25) is 0 Å². The van der Waals surface area contributed by atoms with Crippen LogP contribution in [0.15, 0.2) is 46.6 Å². The second-order valence-electron chi connectivity index (χ2n) is 4.24. The molecule has 0 amide bonds. The van der Waals surface area contributed by atoms with E-state index in [1.807, 2.05) is 37.3 Å². The summed E-state index contributed by atoms with van der Waals surface area (Å²) in [4.78, 5) is 12.6. The average molecular weight is 296 g/mol. The number of hydrogen-bond donors (Lipinski definition) is 1. The lowest BCUT2D eigenvalue weighted by atomic mass is 10.3. The Labute approximate surface area is 126 Å². The second kappa shape index (κ2) is 5.85. The Hall–Kier alpha value is -2.52. The summed E-state index contributed by atoms with van der Waals surface area (Å²) in [6.45, 7) is 2.59. The molecule has 1 aromatic carbocycles. The van der Waals surface area contributed by atoms with Gasteiger partial charge in [0.2, 0.25) is 0 Å². The van der Waals surface area contributed by atoms with E-state index < -0.39 is 0 Å². The molecule has 2 heterocycles. The minimum absolute atomic E-state index is 0.398. The third-order valence-corrected chi connectivity index (χ3v) is 3.68. The SMILES string of the molecule is CCOc1ccc2nc(Sc3ccnc(C#N)c3)[nH]c2c1. The maximum Gasteiger partial charge on any atom is 0.171 e. The molecule has 0 saturated carbocycles. The number of pyridine rings is 1. The van der Waals surface area contributed by atoms with Gasteiger partial charge in [0.25, 0.3) is 0 Å². The van der Waals surface area contributed by atoms with Crippen molar-refractivity contribution in [2.45, 2.75) is 17.0 Å². The first-order valence-corrected chi connectivity index (χ1v) is 7.26. The van der Waals surface area contributed by atoms with E-state index in [1.54, 1.807) is 12.3 Å². The largest absolute Gasteiger partial charge is 0.494 e. The number of ether oxygens (including phenoxy) is 1. The van der Waals surface area contributed by atoms with E-state index in [0.717, 1.165) is 26.8 Å². The van der Waals surface area contributed by atoms with E-state index in [0.29, 0.717) is 12.3 Å². The smallest absolute Gasteiger partial charge is 0.171 e. The predicted molar refractivity (Wildman–Crippen MR) is 80.3 cm³/mol. The molecule has 0 radical (unpaired) electrons. The first-order valence-electron chi connectivity index (χ1n) is 6.45. The number of nitrogens with one attached hydrogen (secondary N) is 1. The van der Waals surface area contributed by atoms with Crippen molar-refractivity contribution >= 4 is 22.8 Å². The number of hydrogen-bond acceptors (Lipinski definition) is 5. The molecule has 21 heavy (non-hydrogen) atoms. The maximum absolute atomic E-state index is 8.86. The summed E-state index contributed by atoms with van der Waals surface area (Å²) in [5.41, 5.74) is 2.21. The van der Waals surface area contributed by atoms with Gasteiger partial charge in [-0.15, -0.1) is 0 Å². The molecule has 0 fully saturated rings. The standard InChI is InChI=1S/C15H12N4OS/c1-2-20-11-3-4-13-14(8-11)19-15(18-13)21-12-5-6-17-10(7-12)9-16/h3-8H,2H2,1H3,(H,18,19). The number of nitriles is 1. The molecule has 5 nitrogen and oxygen atoms in total. The summed E-state index contributed by atoms with van der Waals surface area (Å²) in [5.74, 6) is 0.820. The number of aromatic amines is 1. The van der Waals surface area contributed by atoms with Crippen LogP contribution < -0.4 is 4.74 Å². The zero-order valence-electron chi connectivity index (χ0n) is 11.3. The van der Waals surface area contributed by atoms with Gasteiger partial charge in [0.05, 0.1) is 17.6 Å². The van der Waals surface area contributed by atoms with Gasteiger partial charge in [0.15, 0.2) is 5.16 Å². The molecular weight excluding hydrogens is 284 g/mol. The van der Waals surface area contributed by atoms with Crippen LogP contribution >= 0.6 is 11.8 Å². The fraction of sp³-hybridized carbons (Fsp3) is 0.133. The summed E-state index contributed by atoms with van der Waals surface area (Å²) in [5, 5.41) is 9.64. The van der Waals surface area contributed by atoms with Crippen molar-refractivity contribution in [3.05, 3.63) is 42.2 Å². The fourth-order valence-corrected chi connectivity index (χ4v) is 2.75. The monoisotopic (exact) mass is 296 g/mol. The van der Waals surface area contributed by atoms with Gasteiger partial charge in [-0.25, -0.2) is 9.97 Å². The highest BCUT2D eigenvalue weighted by molar-refractivity contribution is 7.99. The zero-order chi connectivity index (χ0) is 14.7. The van der Waals surface area contributed by atoms with Crippen molar-refractivity contribution in [1.82, 2.24) is 15.0 Å². The number of rotatable bonds is 4. The van der Waals surface area contributed by atoms with Crippen molar-refractivity contribution in [2.24, 2.45) is 0 Å². The van der Waals surface area contributed by atoms with Gasteiger partial charge < -0.3 is 9.72 Å². The van der Waals surface area contributed by atoms with Crippen LogP contribution in [-0.4, -0.2) is 21.6 Å². The highest BCUT2D eigenvalue weighted by Crippen LogP contribution is 2.28. The number of fused-ring (bicyclic) bond motifs is 1. The van der Waals surface area contributed by atoms with Gasteiger partial charge in [-0.1, -0.05) is 11.8 Å². The minimum atomic E-state index is 0.398. The average Bonchev–Trinajstić information content (AvgIpc) is 2.89. The van der Waals surface area contributed by atoms with Crippen molar-refractivity contribution < 1.29 is 4.74 Å². The van der Waals surface area contributed by atoms with Crippen LogP contribution in [0.2, 0.25) is 0 Å². The highest BCUT2D eigenvalue weighted by atomic mass is 32.2. The van der Waals surface area contributed by atoms with Crippen LogP contribution in [0.5, 0.6) is 5.75 Å². The van der Waals surface area contributed by atoms with Gasteiger partial charge in [0.1, 0.15) is 17.5 Å². The molecule has 0 bridgehead atoms. The van der Waals surface area contributed by atoms with Gasteiger partial charge in [-0.2, -0.15) is 5.26 Å². The molecule has 0 aliphatic heterocycles. The molecule has 104 valence electrons. The molecule has 0 aliphatic rings. The predicted octanol–water partition coefficient (Wildman–Crippen LogP) is 3.38. The molecule has 2 aromatic heterocycles. The van der Waals surface area contributed by atoms with Crippen LogP contribution in [-0.2, 0) is 0 Å². The molecule has 3 aromatic rings. The third kappa shape index (κ3) is 2.98. The van der Waals surface area contributed by atoms with Gasteiger partial charge in [-0.05, 0) is 31.2 Å². The lowest BCUT2D eigenvalue weighted by Crippen LogP contribution is -1.90. The van der Waals surface area contributed by atoms with E-state index in [1.165, 1.54) is 11.8 Å². The Bertz CT molecular complexity index is 822. The van der Waals surface area contributed by atoms with Crippen molar-refractivity contribution in [1.29, 1.82) is 5.26 Å². The fourth-order valence-electron chi connectivity index (χ4n) is 1.92. The molecule has 0 unspecified atom stereocenters. The van der Waals surface area contributed by atoms with Crippen LogP contribution in [0.3, 0.4) is 0 Å². The van der Waals surface area contributed by atoms with Crippen LogP contribution in [0.1, 0.15) is 12.6 Å². The van der Waals surface area contributed by atoms with E-state index in [-0.39, 0.29) is 0 Å². The molecule has 1 N–H and O–H groups in total. The number of aromatic nitrogens is 3. The molecule has 6 heteroatoms. The van der Waals surface area contributed by atoms with E-state index in [4.69, 9.17) is 10.00 Å². The highest BCUT2D eigenvalue weighted by Gasteiger charge is 2.06. The quantitative estimate of drug-likeness (QED) is 0.799. The molecule has 0 spiro atoms. The summed E-state index contributed by atoms with van der Waals surface area (Å²) in [7, 11) is 0. The van der Waals surface area contributed by atoms with Crippen molar-refractivity contribution in [3.63, 3.8) is 0 Å². The Morgan fingerprint density at radius 2 is 2.24 bits per heavy atom. The van der Waals surface area contributed by atoms with E-state index in [9.17, 15) is 0 Å². The zero-order valence-corrected chi connectivity index (χ0v) is 12.1. The molecule has 0 saturated heterocycles. The lowest BCUT2D eigenvalue weighted by Gasteiger charge is -2.00. The van der Waals surface area contributed by atoms with Gasteiger partial charge in [0, 0.05) is 17.2 Å². The lowest BCUT2D eigenvalue weighted by molar-refractivity contribution is 0.340. The van der Waals surface area contributed by atoms with Crippen LogP contribution in [0.25, 0.3) is 11.0 Å². The number of H-pyrrole nitrogens is 1. The van der Waals surface area contributed by atoms with E-state index >= 15 is 0 Å². The van der Waals surface area contributed by atoms with Crippen LogP contribution in [0.4, 0.5) is 0 Å². The topological polar surface area (TPSA) is 74.6 Å². The first-order chi connectivity index (χ1) is 10.3. The van der Waals surface area contributed by atoms with Crippen LogP contribution in [0, 0.1) is 11.3 Å². The summed E-state index contributed by atoms with van der Waals surface area (Å²) in [6, 6.07) is 11.4. The Morgan fingerprint density at radius 3 is 3.05 bits per heavy atom. The molecule has 0 atom stereocenters. The van der Waals surface area contributed by atoms with Gasteiger partial charge >= 0.3 is 0 Å². The Balaban J connectivity index is 1.88. The number of nitrogens with zero attached hydrogens (tertiary/aromatic N) is 3. The molecule has 0 aliphatic carbocycles. The number of benzene rings is 1. The van der Waals surface area contributed by atoms with E-state index in [2.05, 4.69) is 15.0 Å². The van der Waals surface area contributed by atoms with Crippen molar-refractivity contribution in [3.8, 4) is 11.8 Å².